The smallest absolute Gasteiger partial charge is 0.185 e. The highest BCUT2D eigenvalue weighted by molar-refractivity contribution is 6.00. The predicted octanol–water partition coefficient (Wildman–Crippen LogP) is 0.228. The van der Waals surface area contributed by atoms with Gasteiger partial charge in [-0.05, 0) is 13.0 Å². The van der Waals surface area contributed by atoms with E-state index < -0.39 is 0 Å². The van der Waals surface area contributed by atoms with Gasteiger partial charge in [-0.25, -0.2) is 4.84 Å². The Morgan fingerprint density at radius 2 is 2.23 bits per heavy atom. The van der Waals surface area contributed by atoms with Crippen molar-refractivity contribution in [1.82, 2.24) is 0 Å². The lowest BCUT2D eigenvalue weighted by Crippen LogP contribution is -2.76. The molecule has 0 amide bonds. The summed E-state index contributed by atoms with van der Waals surface area (Å²) in [5.74, 6) is -0.0381. The molecule has 4 heteroatoms. The minimum Gasteiger partial charge on any atom is -0.393 e. The second-order valence-corrected chi connectivity index (χ2v) is 2.72. The minimum absolute atomic E-state index is 0.0381. The summed E-state index contributed by atoms with van der Waals surface area (Å²) in [5.41, 5.74) is 8.99. The number of benzene rings is 1. The summed E-state index contributed by atoms with van der Waals surface area (Å²) in [6.07, 6.45) is 0. The second kappa shape index (κ2) is 4.02. The van der Waals surface area contributed by atoms with E-state index in [0.29, 0.717) is 11.3 Å². The first-order valence-electron chi connectivity index (χ1n) is 3.92. The van der Waals surface area contributed by atoms with Crippen molar-refractivity contribution in [1.29, 1.82) is 0 Å². The van der Waals surface area contributed by atoms with E-state index in [-0.39, 0.29) is 5.78 Å². The average Bonchev–Trinajstić information content (AvgIpc) is 2.08. The van der Waals surface area contributed by atoms with Crippen LogP contribution in [0.5, 0.6) is 0 Å². The van der Waals surface area contributed by atoms with Gasteiger partial charge >= 0.3 is 0 Å². The molecule has 0 heterocycles. The zero-order valence-corrected chi connectivity index (χ0v) is 7.70. The monoisotopic (exact) mass is 181 g/mol. The van der Waals surface area contributed by atoms with Crippen molar-refractivity contribution >= 4 is 17.2 Å². The summed E-state index contributed by atoms with van der Waals surface area (Å²) in [6, 6.07) is 5.27. The van der Waals surface area contributed by atoms with Gasteiger partial charge in [-0.3, -0.25) is 4.79 Å². The molecule has 0 atom stereocenters. The van der Waals surface area contributed by atoms with Crippen LogP contribution in [0.15, 0.2) is 18.2 Å². The van der Waals surface area contributed by atoms with Crippen molar-refractivity contribution in [2.24, 2.45) is 0 Å². The summed E-state index contributed by atoms with van der Waals surface area (Å²) in [6.45, 7) is 1.49. The Morgan fingerprint density at radius 3 is 2.77 bits per heavy atom. The molecular weight excluding hydrogens is 168 g/mol. The van der Waals surface area contributed by atoms with Gasteiger partial charge in [-0.1, -0.05) is 6.07 Å². The maximum absolute atomic E-state index is 11.1. The number of para-hydroxylation sites is 1. The Balaban J connectivity index is 3.10. The van der Waals surface area contributed by atoms with Crippen LogP contribution < -0.4 is 11.2 Å². The Morgan fingerprint density at radius 1 is 1.54 bits per heavy atom. The first-order chi connectivity index (χ1) is 6.16. The molecule has 1 aromatic carbocycles. The molecule has 4 nitrogen and oxygen atoms in total. The largest absolute Gasteiger partial charge is 0.393 e. The molecule has 13 heavy (non-hydrogen) atoms. The zero-order chi connectivity index (χ0) is 9.84. The molecule has 70 valence electrons. The van der Waals surface area contributed by atoms with Crippen LogP contribution >= 0.6 is 0 Å². The van der Waals surface area contributed by atoms with Crippen molar-refractivity contribution in [3.05, 3.63) is 23.8 Å². The third-order valence-corrected chi connectivity index (χ3v) is 1.76. The first-order valence-corrected chi connectivity index (χ1v) is 3.92. The van der Waals surface area contributed by atoms with Crippen molar-refractivity contribution in [2.75, 3.05) is 12.8 Å². The number of ketones is 1. The van der Waals surface area contributed by atoms with E-state index >= 15 is 0 Å². The number of carbonyl (C=O) groups excluding carboxylic acids is 1. The number of hydrogen-bond acceptors (Lipinski definition) is 3. The molecule has 0 bridgehead atoms. The number of nitrogen functional groups attached to an aromatic ring is 1. The molecule has 0 radical (unpaired) electrons. The number of Topliss-reactive ketones (excluding diaryl/α,β-unsaturated/α-hetero) is 1. The van der Waals surface area contributed by atoms with Crippen LogP contribution in [0.25, 0.3) is 0 Å². The van der Waals surface area contributed by atoms with Gasteiger partial charge in [0.15, 0.2) is 11.5 Å². The molecule has 0 aromatic heterocycles. The highest BCUT2D eigenvalue weighted by atomic mass is 16.6. The van der Waals surface area contributed by atoms with Gasteiger partial charge in [0.1, 0.15) is 5.69 Å². The summed E-state index contributed by atoms with van der Waals surface area (Å²) in [7, 11) is 1.54. The van der Waals surface area contributed by atoms with Crippen LogP contribution in [0, 0.1) is 0 Å². The lowest BCUT2D eigenvalue weighted by Gasteiger charge is -2.04. The SMILES string of the molecule is CO[NH2+]c1cccc(C(C)=O)c1N. The normalized spacial score (nSPS) is 10.0. The number of hydrogen-bond donors (Lipinski definition) is 2. The van der Waals surface area contributed by atoms with Gasteiger partial charge in [0, 0.05) is 11.6 Å². The highest BCUT2D eigenvalue weighted by Crippen LogP contribution is 2.18. The van der Waals surface area contributed by atoms with E-state index in [1.807, 2.05) is 0 Å². The van der Waals surface area contributed by atoms with Crippen LogP contribution in [0.1, 0.15) is 17.3 Å². The molecule has 0 fully saturated rings. The molecule has 1 aromatic rings. The molecule has 0 spiro atoms. The maximum atomic E-state index is 11.1. The molecule has 0 saturated carbocycles. The Labute approximate surface area is 76.6 Å². The topological polar surface area (TPSA) is 68.9 Å². The third kappa shape index (κ3) is 2.05. The molecule has 0 aliphatic rings. The number of nitrogens with two attached hydrogens (primary N) is 2. The van der Waals surface area contributed by atoms with E-state index in [0.717, 1.165) is 5.69 Å². The molecule has 0 saturated heterocycles. The van der Waals surface area contributed by atoms with Gasteiger partial charge in [-0.2, -0.15) is 5.48 Å². The number of carbonyl (C=O) groups is 1. The summed E-state index contributed by atoms with van der Waals surface area (Å²) in [5, 5.41) is 0. The Kier molecular flexibility index (Phi) is 3.00. The van der Waals surface area contributed by atoms with E-state index in [1.54, 1.807) is 25.3 Å². The second-order valence-electron chi connectivity index (χ2n) is 2.72. The number of rotatable bonds is 3. The van der Waals surface area contributed by atoms with Crippen LogP contribution in [0.4, 0.5) is 11.4 Å². The predicted molar refractivity (Wildman–Crippen MR) is 49.5 cm³/mol. The van der Waals surface area contributed by atoms with Crippen molar-refractivity contribution in [3.8, 4) is 0 Å². The summed E-state index contributed by atoms with van der Waals surface area (Å²) in [4.78, 5) is 15.9. The van der Waals surface area contributed by atoms with Crippen LogP contribution in [-0.4, -0.2) is 12.9 Å². The Bertz CT molecular complexity index is 323. The van der Waals surface area contributed by atoms with Crippen LogP contribution in [0.2, 0.25) is 0 Å². The van der Waals surface area contributed by atoms with E-state index in [1.165, 1.54) is 12.4 Å². The van der Waals surface area contributed by atoms with E-state index in [2.05, 4.69) is 0 Å². The first kappa shape index (κ1) is 9.70. The summed E-state index contributed by atoms with van der Waals surface area (Å²) >= 11 is 0. The minimum atomic E-state index is -0.0381. The summed E-state index contributed by atoms with van der Waals surface area (Å²) < 4.78 is 0. The van der Waals surface area contributed by atoms with Crippen LogP contribution in [-0.2, 0) is 4.84 Å². The van der Waals surface area contributed by atoms with Gasteiger partial charge in [0.25, 0.3) is 0 Å². The average molecular weight is 181 g/mol. The fraction of sp³-hybridized carbons (Fsp3) is 0.222. The van der Waals surface area contributed by atoms with Crippen LogP contribution in [0.3, 0.4) is 0 Å². The fourth-order valence-corrected chi connectivity index (χ4v) is 1.12. The van der Waals surface area contributed by atoms with Gasteiger partial charge in [-0.15, -0.1) is 0 Å². The maximum Gasteiger partial charge on any atom is 0.185 e. The number of quaternary nitrogens is 1. The van der Waals surface area contributed by atoms with Gasteiger partial charge in [0.05, 0.1) is 7.11 Å². The van der Waals surface area contributed by atoms with Crippen molar-refractivity contribution in [2.45, 2.75) is 6.92 Å². The lowest BCUT2D eigenvalue weighted by atomic mass is 10.1. The molecular formula is C9H13N2O2+. The standard InChI is InChI=1S/C9H12N2O2/c1-6(12)7-4-3-5-8(9(7)10)11-13-2/h3-5,11H,10H2,1-2H3/p+1. The third-order valence-electron chi connectivity index (χ3n) is 1.76. The Hall–Kier alpha value is -1.39. The zero-order valence-electron chi connectivity index (χ0n) is 7.70. The lowest BCUT2D eigenvalue weighted by molar-refractivity contribution is -0.829. The molecule has 4 N–H and O–H groups in total. The highest BCUT2D eigenvalue weighted by Gasteiger charge is 2.10. The molecule has 0 aliphatic heterocycles. The van der Waals surface area contributed by atoms with Crippen molar-refractivity contribution < 1.29 is 15.1 Å². The quantitative estimate of drug-likeness (QED) is 0.398. The number of anilines is 1. The van der Waals surface area contributed by atoms with Gasteiger partial charge in [0.2, 0.25) is 0 Å². The van der Waals surface area contributed by atoms with Crippen molar-refractivity contribution in [3.63, 3.8) is 0 Å². The molecule has 0 aliphatic carbocycles. The molecule has 1 rings (SSSR count). The fourth-order valence-electron chi connectivity index (χ4n) is 1.12. The van der Waals surface area contributed by atoms with E-state index in [4.69, 9.17) is 10.6 Å². The van der Waals surface area contributed by atoms with Gasteiger partial charge < -0.3 is 5.73 Å². The van der Waals surface area contributed by atoms with E-state index in [9.17, 15) is 4.79 Å². The molecule has 0 unspecified atom stereocenters.